The Balaban J connectivity index is 1.89. The molecule has 0 saturated heterocycles. The largest absolute Gasteiger partial charge is 0.298 e. The number of anilines is 1. The number of thioether (sulfide) groups is 1. The van der Waals surface area contributed by atoms with Crippen molar-refractivity contribution in [1.29, 1.82) is 0 Å². The smallest absolute Gasteiger partial charge is 0.257 e. The zero-order valence-corrected chi connectivity index (χ0v) is 16.1. The Kier molecular flexibility index (Phi) is 5.12. The molecular weight excluding hydrogens is 376 g/mol. The Hall–Kier alpha value is -1.90. The third-order valence-electron chi connectivity index (χ3n) is 3.66. The number of hydrogen-bond donors (Lipinski definition) is 1. The minimum absolute atomic E-state index is 0.00654. The van der Waals surface area contributed by atoms with Crippen LogP contribution in [0.25, 0.3) is 10.2 Å². The Morgan fingerprint density at radius 3 is 2.72 bits per heavy atom. The van der Waals surface area contributed by atoms with Crippen molar-refractivity contribution in [3.8, 4) is 0 Å². The van der Waals surface area contributed by atoms with Crippen LogP contribution >= 0.6 is 23.1 Å². The van der Waals surface area contributed by atoms with Crippen LogP contribution in [0.2, 0.25) is 0 Å². The molecule has 1 heterocycles. The lowest BCUT2D eigenvalue weighted by Gasteiger charge is -2.05. The topological polar surface area (TPSA) is 76.1 Å². The van der Waals surface area contributed by atoms with Crippen LogP contribution in [0.3, 0.4) is 0 Å². The lowest BCUT2D eigenvalue weighted by atomic mass is 10.2. The summed E-state index contributed by atoms with van der Waals surface area (Å²) in [6.07, 6.45) is 1.98. The number of fused-ring (bicyclic) bond motifs is 1. The molecule has 130 valence electrons. The average Bonchev–Trinajstić information content (AvgIpc) is 3.04. The molecule has 0 aliphatic rings. The van der Waals surface area contributed by atoms with E-state index in [4.69, 9.17) is 0 Å². The van der Waals surface area contributed by atoms with Gasteiger partial charge in [0.1, 0.15) is 0 Å². The molecule has 1 N–H and O–H groups in total. The number of carbonyl (C=O) groups is 1. The van der Waals surface area contributed by atoms with E-state index in [0.29, 0.717) is 10.7 Å². The summed E-state index contributed by atoms with van der Waals surface area (Å²) in [6.45, 7) is 1.58. The molecule has 0 bridgehead atoms. The molecule has 1 amide bonds. The van der Waals surface area contributed by atoms with E-state index in [1.165, 1.54) is 23.5 Å². The highest BCUT2D eigenvalue weighted by atomic mass is 32.2. The zero-order valence-electron chi connectivity index (χ0n) is 13.6. The molecule has 0 fully saturated rings. The molecule has 0 radical (unpaired) electrons. The summed E-state index contributed by atoms with van der Waals surface area (Å²) in [7, 11) is -3.35. The van der Waals surface area contributed by atoms with Crippen LogP contribution in [0, 0.1) is 0 Å². The predicted octanol–water partition coefficient (Wildman–Crippen LogP) is 4.06. The Morgan fingerprint density at radius 2 is 2.00 bits per heavy atom. The van der Waals surface area contributed by atoms with Crippen molar-refractivity contribution in [3.05, 3.63) is 48.0 Å². The maximum absolute atomic E-state index is 12.5. The molecule has 5 nitrogen and oxygen atoms in total. The second-order valence-corrected chi connectivity index (χ2v) is 9.37. The van der Waals surface area contributed by atoms with Crippen LogP contribution in [-0.2, 0) is 9.84 Å². The van der Waals surface area contributed by atoms with E-state index >= 15 is 0 Å². The number of thiazole rings is 1. The average molecular weight is 393 g/mol. The Morgan fingerprint density at radius 1 is 1.24 bits per heavy atom. The van der Waals surface area contributed by atoms with E-state index in [9.17, 15) is 13.2 Å². The Labute approximate surface area is 154 Å². The van der Waals surface area contributed by atoms with Crippen molar-refractivity contribution in [2.45, 2.75) is 16.7 Å². The van der Waals surface area contributed by atoms with Crippen molar-refractivity contribution >= 4 is 54.2 Å². The fourth-order valence-electron chi connectivity index (χ4n) is 2.31. The molecule has 1 aromatic heterocycles. The summed E-state index contributed by atoms with van der Waals surface area (Å²) in [6, 6.07) is 11.9. The second-order valence-electron chi connectivity index (χ2n) is 5.21. The highest BCUT2D eigenvalue weighted by Crippen LogP contribution is 2.32. The first kappa shape index (κ1) is 17.9. The van der Waals surface area contributed by atoms with Crippen molar-refractivity contribution in [1.82, 2.24) is 4.98 Å². The molecule has 0 spiro atoms. The van der Waals surface area contributed by atoms with Crippen LogP contribution in [-0.4, -0.2) is 31.3 Å². The number of rotatable bonds is 5. The summed E-state index contributed by atoms with van der Waals surface area (Å²) in [5, 5.41) is 3.25. The highest BCUT2D eigenvalue weighted by molar-refractivity contribution is 7.98. The second kappa shape index (κ2) is 7.15. The predicted molar refractivity (Wildman–Crippen MR) is 104 cm³/mol. The normalized spacial score (nSPS) is 11.6. The SMILES string of the molecule is CCS(=O)(=O)c1cccc(C(=O)Nc2nc3c(SC)cccc3s2)c1. The van der Waals surface area contributed by atoms with Crippen LogP contribution in [0.5, 0.6) is 0 Å². The van der Waals surface area contributed by atoms with E-state index in [1.54, 1.807) is 30.8 Å². The maximum atomic E-state index is 12.5. The quantitative estimate of drug-likeness (QED) is 0.663. The Bertz CT molecular complexity index is 1040. The molecule has 0 unspecified atom stereocenters. The number of sulfone groups is 1. The van der Waals surface area contributed by atoms with Gasteiger partial charge in [0.2, 0.25) is 0 Å². The molecule has 0 aliphatic heterocycles. The number of para-hydroxylation sites is 1. The lowest BCUT2D eigenvalue weighted by molar-refractivity contribution is 0.102. The van der Waals surface area contributed by atoms with E-state index in [-0.39, 0.29) is 16.6 Å². The third kappa shape index (κ3) is 3.70. The van der Waals surface area contributed by atoms with E-state index in [1.807, 2.05) is 24.5 Å². The van der Waals surface area contributed by atoms with Gasteiger partial charge in [0.15, 0.2) is 15.0 Å². The van der Waals surface area contributed by atoms with E-state index < -0.39 is 9.84 Å². The molecule has 8 heteroatoms. The van der Waals surface area contributed by atoms with Crippen molar-refractivity contribution in [2.24, 2.45) is 0 Å². The zero-order chi connectivity index (χ0) is 18.0. The van der Waals surface area contributed by atoms with Gasteiger partial charge in [-0.3, -0.25) is 10.1 Å². The van der Waals surface area contributed by atoms with Gasteiger partial charge in [0.05, 0.1) is 20.9 Å². The first-order valence-electron chi connectivity index (χ1n) is 7.52. The number of benzene rings is 2. The number of nitrogens with zero attached hydrogens (tertiary/aromatic N) is 1. The molecular formula is C17H16N2O3S3. The van der Waals surface area contributed by atoms with E-state index in [0.717, 1.165) is 15.1 Å². The molecule has 2 aromatic carbocycles. The van der Waals surface area contributed by atoms with Crippen molar-refractivity contribution < 1.29 is 13.2 Å². The van der Waals surface area contributed by atoms with Gasteiger partial charge in [-0.2, -0.15) is 0 Å². The minimum atomic E-state index is -3.35. The van der Waals surface area contributed by atoms with Gasteiger partial charge in [0, 0.05) is 10.5 Å². The summed E-state index contributed by atoms with van der Waals surface area (Å²) in [5.41, 5.74) is 1.15. The summed E-state index contributed by atoms with van der Waals surface area (Å²) < 4.78 is 24.9. The number of amides is 1. The van der Waals surface area contributed by atoms with Crippen LogP contribution < -0.4 is 5.32 Å². The molecule has 3 aromatic rings. The van der Waals surface area contributed by atoms with Crippen LogP contribution in [0.4, 0.5) is 5.13 Å². The standard InChI is InChI=1S/C17H16N2O3S3/c1-3-25(21,22)12-7-4-6-11(10-12)16(20)19-17-18-15-13(23-2)8-5-9-14(15)24-17/h4-10H,3H2,1-2H3,(H,18,19,20). The van der Waals surface area contributed by atoms with Gasteiger partial charge in [0.25, 0.3) is 5.91 Å². The van der Waals surface area contributed by atoms with Crippen LogP contribution in [0.15, 0.2) is 52.3 Å². The monoisotopic (exact) mass is 392 g/mol. The molecule has 25 heavy (non-hydrogen) atoms. The molecule has 0 atom stereocenters. The van der Waals surface area contributed by atoms with Gasteiger partial charge >= 0.3 is 0 Å². The molecule has 3 rings (SSSR count). The number of hydrogen-bond acceptors (Lipinski definition) is 6. The van der Waals surface area contributed by atoms with E-state index in [2.05, 4.69) is 10.3 Å². The number of nitrogens with one attached hydrogen (secondary N) is 1. The van der Waals surface area contributed by atoms with Gasteiger partial charge < -0.3 is 0 Å². The molecule has 0 aliphatic carbocycles. The fourth-order valence-corrected chi connectivity index (χ4v) is 4.75. The van der Waals surface area contributed by atoms with Gasteiger partial charge in [-0.25, -0.2) is 13.4 Å². The molecule has 0 saturated carbocycles. The fraction of sp³-hybridized carbons (Fsp3) is 0.176. The first-order valence-corrected chi connectivity index (χ1v) is 11.2. The van der Waals surface area contributed by atoms with Crippen molar-refractivity contribution in [2.75, 3.05) is 17.3 Å². The van der Waals surface area contributed by atoms with Gasteiger partial charge in [-0.05, 0) is 36.6 Å². The summed E-state index contributed by atoms with van der Waals surface area (Å²) >= 11 is 2.99. The summed E-state index contributed by atoms with van der Waals surface area (Å²) in [5.74, 6) is -0.383. The van der Waals surface area contributed by atoms with Crippen LogP contribution in [0.1, 0.15) is 17.3 Å². The summed E-state index contributed by atoms with van der Waals surface area (Å²) in [4.78, 5) is 18.1. The van der Waals surface area contributed by atoms with Gasteiger partial charge in [-0.15, -0.1) is 11.8 Å². The van der Waals surface area contributed by atoms with Crippen molar-refractivity contribution in [3.63, 3.8) is 0 Å². The number of carbonyl (C=O) groups excluding carboxylic acids is 1. The highest BCUT2D eigenvalue weighted by Gasteiger charge is 2.16. The minimum Gasteiger partial charge on any atom is -0.298 e. The maximum Gasteiger partial charge on any atom is 0.257 e. The first-order chi connectivity index (χ1) is 11.9. The lowest BCUT2D eigenvalue weighted by Crippen LogP contribution is -2.13. The third-order valence-corrected chi connectivity index (χ3v) is 7.10. The van der Waals surface area contributed by atoms with Gasteiger partial charge in [-0.1, -0.05) is 30.4 Å². The number of aromatic nitrogens is 1.